The lowest BCUT2D eigenvalue weighted by Crippen LogP contribution is -2.41. The molecule has 32 heavy (non-hydrogen) atoms. The minimum Gasteiger partial charge on any atom is -0.379 e. The second-order valence-corrected chi connectivity index (χ2v) is 8.36. The molecule has 2 aliphatic heterocycles. The highest BCUT2D eigenvalue weighted by molar-refractivity contribution is 6.22. The highest BCUT2D eigenvalue weighted by atomic mass is 16.5. The van der Waals surface area contributed by atoms with Crippen LogP contribution in [-0.4, -0.2) is 63.5 Å². The molecule has 0 saturated carbocycles. The molecule has 1 fully saturated rings. The monoisotopic (exact) mass is 431 g/mol. The average Bonchev–Trinajstić information content (AvgIpc) is 3.35. The number of Topliss-reactive ketones (excluding diaryl/α,β-unsaturated/α-hetero) is 1. The van der Waals surface area contributed by atoms with Crippen LogP contribution in [0.4, 0.5) is 11.4 Å². The second kappa shape index (κ2) is 8.29. The minimum absolute atomic E-state index is 0.121. The molecule has 5 rings (SSSR count). The summed E-state index contributed by atoms with van der Waals surface area (Å²) in [6.45, 7) is 2.99. The molecule has 8 nitrogen and oxygen atoms in total. The maximum absolute atomic E-state index is 13.5. The van der Waals surface area contributed by atoms with Crippen LogP contribution >= 0.6 is 0 Å². The van der Waals surface area contributed by atoms with Crippen LogP contribution in [-0.2, 0) is 9.53 Å². The van der Waals surface area contributed by atoms with Crippen LogP contribution in [0.5, 0.6) is 0 Å². The molecule has 1 unspecified atom stereocenters. The molecule has 0 radical (unpaired) electrons. The van der Waals surface area contributed by atoms with Gasteiger partial charge in [0, 0.05) is 38.4 Å². The Labute approximate surface area is 186 Å². The van der Waals surface area contributed by atoms with Gasteiger partial charge >= 0.3 is 0 Å². The number of morpholine rings is 1. The fraction of sp³-hybridized carbons (Fsp3) is 0.333. The van der Waals surface area contributed by atoms with E-state index < -0.39 is 6.04 Å². The Hall–Kier alpha value is -3.36. The van der Waals surface area contributed by atoms with Crippen LogP contribution in [0.2, 0.25) is 0 Å². The fourth-order valence-corrected chi connectivity index (χ4v) is 4.38. The third kappa shape index (κ3) is 3.61. The predicted molar refractivity (Wildman–Crippen MR) is 122 cm³/mol. The summed E-state index contributed by atoms with van der Waals surface area (Å²) in [4.78, 5) is 30.2. The van der Waals surface area contributed by atoms with Crippen molar-refractivity contribution in [1.29, 1.82) is 0 Å². The van der Waals surface area contributed by atoms with Gasteiger partial charge in [0.05, 0.1) is 36.6 Å². The maximum atomic E-state index is 13.5. The van der Waals surface area contributed by atoms with Gasteiger partial charge in [0.1, 0.15) is 11.7 Å². The van der Waals surface area contributed by atoms with Crippen molar-refractivity contribution in [3.63, 3.8) is 0 Å². The van der Waals surface area contributed by atoms with E-state index in [4.69, 9.17) is 4.74 Å². The fourth-order valence-electron chi connectivity index (χ4n) is 4.38. The number of anilines is 2. The molecule has 0 aromatic heterocycles. The molecule has 164 valence electrons. The number of ketones is 1. The van der Waals surface area contributed by atoms with Crippen molar-refractivity contribution in [2.75, 3.05) is 57.2 Å². The summed E-state index contributed by atoms with van der Waals surface area (Å²) in [6, 6.07) is 13.0. The molecule has 1 amide bonds. The molecule has 8 heteroatoms. The first kappa shape index (κ1) is 20.5. The minimum atomic E-state index is -0.419. The Morgan fingerprint density at radius 3 is 2.62 bits per heavy atom. The Morgan fingerprint density at radius 2 is 1.91 bits per heavy atom. The Balaban J connectivity index is 1.42. The summed E-state index contributed by atoms with van der Waals surface area (Å²) in [6.07, 6.45) is 0. The van der Waals surface area contributed by atoms with Crippen molar-refractivity contribution >= 4 is 28.8 Å². The van der Waals surface area contributed by atoms with Gasteiger partial charge in [0.15, 0.2) is 5.78 Å². The molecular formula is C24H25N5O3. The number of nitrogens with one attached hydrogen (secondary N) is 1. The van der Waals surface area contributed by atoms with E-state index in [2.05, 4.69) is 15.5 Å². The first-order valence-corrected chi connectivity index (χ1v) is 10.7. The number of carbonyl (C=O) groups is 2. The number of carbonyl (C=O) groups excluding carboxylic acids is 2. The van der Waals surface area contributed by atoms with E-state index in [9.17, 15) is 9.59 Å². The number of rotatable bonds is 5. The van der Waals surface area contributed by atoms with Crippen molar-refractivity contribution in [3.8, 4) is 0 Å². The molecule has 2 heterocycles. The Kier molecular flexibility index (Phi) is 5.32. The third-order valence-corrected chi connectivity index (χ3v) is 6.07. The van der Waals surface area contributed by atoms with E-state index in [0.29, 0.717) is 35.7 Å². The zero-order chi connectivity index (χ0) is 22.2. The summed E-state index contributed by atoms with van der Waals surface area (Å²) in [5, 5.41) is 11.7. The number of benzene rings is 2. The smallest absolute Gasteiger partial charge is 0.238 e. The summed E-state index contributed by atoms with van der Waals surface area (Å²) in [5.74, 6) is -0.260. The van der Waals surface area contributed by atoms with E-state index in [1.165, 1.54) is 0 Å². The van der Waals surface area contributed by atoms with Crippen LogP contribution in [0.3, 0.4) is 0 Å². The molecule has 3 aliphatic rings. The van der Waals surface area contributed by atoms with Crippen molar-refractivity contribution < 1.29 is 14.3 Å². The zero-order valence-electron chi connectivity index (χ0n) is 18.2. The van der Waals surface area contributed by atoms with Gasteiger partial charge in [0.2, 0.25) is 5.91 Å². The number of hydrogen-bond acceptors (Lipinski definition) is 7. The second-order valence-electron chi connectivity index (χ2n) is 8.36. The van der Waals surface area contributed by atoms with E-state index in [1.807, 2.05) is 60.3 Å². The number of amides is 1. The Morgan fingerprint density at radius 1 is 1.16 bits per heavy atom. The van der Waals surface area contributed by atoms with E-state index in [0.717, 1.165) is 29.9 Å². The van der Waals surface area contributed by atoms with Crippen LogP contribution < -0.4 is 10.2 Å². The van der Waals surface area contributed by atoms with Crippen molar-refractivity contribution in [2.45, 2.75) is 6.04 Å². The topological polar surface area (TPSA) is 86.6 Å². The quantitative estimate of drug-likeness (QED) is 0.786. The van der Waals surface area contributed by atoms with E-state index in [-0.39, 0.29) is 18.2 Å². The molecule has 2 aromatic rings. The molecule has 1 atom stereocenters. The zero-order valence-corrected chi connectivity index (χ0v) is 18.2. The van der Waals surface area contributed by atoms with E-state index >= 15 is 0 Å². The van der Waals surface area contributed by atoms with Crippen LogP contribution in [0.15, 0.2) is 58.3 Å². The van der Waals surface area contributed by atoms with E-state index in [1.54, 1.807) is 6.07 Å². The number of hydrogen-bond donors (Lipinski definition) is 1. The van der Waals surface area contributed by atoms with Gasteiger partial charge < -0.3 is 15.0 Å². The lowest BCUT2D eigenvalue weighted by molar-refractivity contribution is -0.118. The number of fused-ring (bicyclic) bond motifs is 3. The first-order valence-electron chi connectivity index (χ1n) is 10.7. The molecule has 0 bridgehead atoms. The predicted octanol–water partition coefficient (Wildman–Crippen LogP) is 3.14. The van der Waals surface area contributed by atoms with Crippen LogP contribution in [0.1, 0.15) is 27.5 Å². The van der Waals surface area contributed by atoms with Crippen molar-refractivity contribution in [2.24, 2.45) is 10.2 Å². The highest BCUT2D eigenvalue weighted by Gasteiger charge is 2.42. The van der Waals surface area contributed by atoms with Gasteiger partial charge in [-0.2, -0.15) is 10.2 Å². The molecular weight excluding hydrogens is 406 g/mol. The normalized spacial score (nSPS) is 19.8. The third-order valence-electron chi connectivity index (χ3n) is 6.07. The molecule has 2 aromatic carbocycles. The lowest BCUT2D eigenvalue weighted by atomic mass is 10.0. The van der Waals surface area contributed by atoms with Gasteiger partial charge in [-0.05, 0) is 23.8 Å². The number of ether oxygens (including phenoxy) is 1. The van der Waals surface area contributed by atoms with Crippen LogP contribution in [0, 0.1) is 0 Å². The largest absolute Gasteiger partial charge is 0.379 e. The summed E-state index contributed by atoms with van der Waals surface area (Å²) >= 11 is 0. The van der Waals surface area contributed by atoms with Crippen LogP contribution in [0.25, 0.3) is 5.70 Å². The van der Waals surface area contributed by atoms with Gasteiger partial charge in [-0.1, -0.05) is 24.3 Å². The molecule has 1 saturated heterocycles. The van der Waals surface area contributed by atoms with Crippen molar-refractivity contribution in [1.82, 2.24) is 4.90 Å². The Bertz CT molecular complexity index is 1130. The summed E-state index contributed by atoms with van der Waals surface area (Å²) in [7, 11) is 3.96. The standard InChI is InChI=1S/C24H25N5O3/c1-28(2)16-8-6-15(7-9-16)22-21-23(27-26-22)17-4-3-5-18(20(17)24(21)31)25-19(30)14-29-10-12-32-13-11-29/h3-9,23H,10-14H2,1-2H3,(H,25,30). The molecule has 1 N–H and O–H groups in total. The average molecular weight is 431 g/mol. The SMILES string of the molecule is CN(C)c1ccc(C2=C3C(=O)c4c(NC(=O)CN5CCOCC5)cccc4C3N=N2)cc1. The summed E-state index contributed by atoms with van der Waals surface area (Å²) < 4.78 is 5.34. The molecule has 1 aliphatic carbocycles. The lowest BCUT2D eigenvalue weighted by Gasteiger charge is -2.25. The molecule has 0 spiro atoms. The first-order chi connectivity index (χ1) is 15.5. The van der Waals surface area contributed by atoms with Gasteiger partial charge in [-0.3, -0.25) is 14.5 Å². The van der Waals surface area contributed by atoms with Gasteiger partial charge in [0.25, 0.3) is 0 Å². The van der Waals surface area contributed by atoms with Gasteiger partial charge in [-0.25, -0.2) is 0 Å². The highest BCUT2D eigenvalue weighted by Crippen LogP contribution is 2.49. The van der Waals surface area contributed by atoms with Crippen molar-refractivity contribution in [3.05, 3.63) is 64.7 Å². The number of nitrogens with zero attached hydrogens (tertiary/aromatic N) is 4. The van der Waals surface area contributed by atoms with Gasteiger partial charge in [-0.15, -0.1) is 0 Å². The maximum Gasteiger partial charge on any atom is 0.238 e. The number of azo groups is 1. The summed E-state index contributed by atoms with van der Waals surface area (Å²) in [5.41, 5.74) is 4.94.